The number of amides is 2. The molecule has 1 aliphatic rings. The maximum absolute atomic E-state index is 13.6. The molecule has 2 amide bonds. The molecular formula is C21H24FN3O4S. The molecular weight excluding hydrogens is 409 g/mol. The molecule has 160 valence electrons. The quantitative estimate of drug-likeness (QED) is 0.725. The second-order valence-electron chi connectivity index (χ2n) is 7.68. The number of nitrogens with one attached hydrogen (secondary N) is 2. The van der Waals surface area contributed by atoms with E-state index in [-0.39, 0.29) is 27.9 Å². The molecule has 0 unspecified atom stereocenters. The topological polar surface area (TPSA) is 95.6 Å². The number of piperidine rings is 1. The number of carbonyl (C=O) groups excluding carboxylic acids is 2. The van der Waals surface area contributed by atoms with Gasteiger partial charge in [-0.1, -0.05) is 26.0 Å². The summed E-state index contributed by atoms with van der Waals surface area (Å²) in [6.45, 7) is 5.00. The summed E-state index contributed by atoms with van der Waals surface area (Å²) in [7, 11) is -3.65. The van der Waals surface area contributed by atoms with E-state index < -0.39 is 27.7 Å². The third-order valence-corrected chi connectivity index (χ3v) is 6.84. The van der Waals surface area contributed by atoms with Gasteiger partial charge in [0, 0.05) is 18.7 Å². The van der Waals surface area contributed by atoms with E-state index in [2.05, 4.69) is 10.9 Å². The first-order valence-electron chi connectivity index (χ1n) is 9.64. The van der Waals surface area contributed by atoms with E-state index in [1.165, 1.54) is 46.8 Å². The molecule has 2 aromatic rings. The van der Waals surface area contributed by atoms with E-state index in [1.54, 1.807) is 0 Å². The van der Waals surface area contributed by atoms with Crippen molar-refractivity contribution in [1.82, 2.24) is 15.2 Å². The van der Waals surface area contributed by atoms with Gasteiger partial charge in [0.05, 0.1) is 10.5 Å². The number of hydrogen-bond donors (Lipinski definition) is 2. The largest absolute Gasteiger partial charge is 0.272 e. The smallest absolute Gasteiger partial charge is 0.267 e. The SMILES string of the molecule is C[C@H]1C[C@H](C)CN(S(=O)(=O)c2ccc(C(=O)NNC(=O)c3ccccc3F)cc2)C1. The van der Waals surface area contributed by atoms with Gasteiger partial charge < -0.3 is 0 Å². The van der Waals surface area contributed by atoms with E-state index in [4.69, 9.17) is 0 Å². The van der Waals surface area contributed by atoms with Gasteiger partial charge in [-0.3, -0.25) is 20.4 Å². The van der Waals surface area contributed by atoms with Crippen LogP contribution in [0.2, 0.25) is 0 Å². The van der Waals surface area contributed by atoms with E-state index in [0.29, 0.717) is 13.1 Å². The molecule has 0 spiro atoms. The summed E-state index contributed by atoms with van der Waals surface area (Å²) >= 11 is 0. The van der Waals surface area contributed by atoms with Gasteiger partial charge in [-0.25, -0.2) is 12.8 Å². The fourth-order valence-electron chi connectivity index (χ4n) is 3.63. The number of benzene rings is 2. The summed E-state index contributed by atoms with van der Waals surface area (Å²) in [5.41, 5.74) is 4.28. The van der Waals surface area contributed by atoms with E-state index in [9.17, 15) is 22.4 Å². The minimum absolute atomic E-state index is 0.107. The lowest BCUT2D eigenvalue weighted by Crippen LogP contribution is -2.42. The first-order chi connectivity index (χ1) is 14.2. The van der Waals surface area contributed by atoms with Crippen molar-refractivity contribution in [1.29, 1.82) is 0 Å². The molecule has 0 aliphatic carbocycles. The fourth-order valence-corrected chi connectivity index (χ4v) is 5.31. The van der Waals surface area contributed by atoms with Crippen molar-refractivity contribution in [2.24, 2.45) is 11.8 Å². The first-order valence-corrected chi connectivity index (χ1v) is 11.1. The third-order valence-electron chi connectivity index (χ3n) is 5.00. The Morgan fingerprint density at radius 2 is 1.50 bits per heavy atom. The van der Waals surface area contributed by atoms with Crippen molar-refractivity contribution in [3.05, 3.63) is 65.5 Å². The first kappa shape index (κ1) is 21.9. The Morgan fingerprint density at radius 1 is 0.933 bits per heavy atom. The van der Waals surface area contributed by atoms with Crippen LogP contribution in [0, 0.1) is 17.7 Å². The van der Waals surface area contributed by atoms with Gasteiger partial charge >= 0.3 is 0 Å². The summed E-state index contributed by atoms with van der Waals surface area (Å²) in [6.07, 6.45) is 0.990. The zero-order valence-electron chi connectivity index (χ0n) is 16.8. The molecule has 7 nitrogen and oxygen atoms in total. The predicted molar refractivity (Wildman–Crippen MR) is 109 cm³/mol. The summed E-state index contributed by atoms with van der Waals surface area (Å²) < 4.78 is 40.9. The van der Waals surface area contributed by atoms with Gasteiger partial charge in [0.15, 0.2) is 0 Å². The number of carbonyl (C=O) groups is 2. The van der Waals surface area contributed by atoms with Crippen molar-refractivity contribution in [2.75, 3.05) is 13.1 Å². The van der Waals surface area contributed by atoms with Crippen LogP contribution in [0.5, 0.6) is 0 Å². The van der Waals surface area contributed by atoms with Gasteiger partial charge in [-0.05, 0) is 54.7 Å². The molecule has 3 rings (SSSR count). The van der Waals surface area contributed by atoms with Crippen LogP contribution < -0.4 is 10.9 Å². The highest BCUT2D eigenvalue weighted by atomic mass is 32.2. The van der Waals surface area contributed by atoms with Crippen LogP contribution >= 0.6 is 0 Å². The molecule has 30 heavy (non-hydrogen) atoms. The van der Waals surface area contributed by atoms with Crippen LogP contribution in [0.15, 0.2) is 53.4 Å². The van der Waals surface area contributed by atoms with Crippen molar-refractivity contribution in [2.45, 2.75) is 25.2 Å². The molecule has 1 aliphatic heterocycles. The lowest BCUT2D eigenvalue weighted by Gasteiger charge is -2.34. The van der Waals surface area contributed by atoms with Crippen molar-refractivity contribution in [3.63, 3.8) is 0 Å². The van der Waals surface area contributed by atoms with Gasteiger partial charge in [0.2, 0.25) is 10.0 Å². The van der Waals surface area contributed by atoms with Crippen molar-refractivity contribution >= 4 is 21.8 Å². The van der Waals surface area contributed by atoms with E-state index >= 15 is 0 Å². The predicted octanol–water partition coefficient (Wildman–Crippen LogP) is 2.57. The Kier molecular flexibility index (Phi) is 6.52. The number of hydrogen-bond acceptors (Lipinski definition) is 4. The maximum Gasteiger partial charge on any atom is 0.272 e. The zero-order chi connectivity index (χ0) is 21.9. The maximum atomic E-state index is 13.6. The van der Waals surface area contributed by atoms with Gasteiger partial charge in [0.1, 0.15) is 5.82 Å². The summed E-state index contributed by atoms with van der Waals surface area (Å²) in [5.74, 6) is -1.59. The summed E-state index contributed by atoms with van der Waals surface area (Å²) in [5, 5.41) is 0. The fraction of sp³-hybridized carbons (Fsp3) is 0.333. The lowest BCUT2D eigenvalue weighted by atomic mass is 9.94. The third kappa shape index (κ3) is 4.85. The highest BCUT2D eigenvalue weighted by Crippen LogP contribution is 2.26. The minimum atomic E-state index is -3.65. The second kappa shape index (κ2) is 8.93. The molecule has 1 saturated heterocycles. The Balaban J connectivity index is 1.65. The van der Waals surface area contributed by atoms with Crippen LogP contribution in [0.1, 0.15) is 41.0 Å². The van der Waals surface area contributed by atoms with Crippen LogP contribution in [-0.4, -0.2) is 37.6 Å². The molecule has 2 aromatic carbocycles. The Hall–Kier alpha value is -2.78. The normalized spacial score (nSPS) is 19.8. The number of halogens is 1. The zero-order valence-corrected chi connectivity index (χ0v) is 17.6. The molecule has 1 fully saturated rings. The van der Waals surface area contributed by atoms with Crippen LogP contribution in [0.3, 0.4) is 0 Å². The number of sulfonamides is 1. The molecule has 2 atom stereocenters. The Morgan fingerprint density at radius 3 is 2.10 bits per heavy atom. The average molecular weight is 434 g/mol. The standard InChI is InChI=1S/C21H24FN3O4S/c1-14-11-15(2)13-25(12-14)30(28,29)17-9-7-16(8-10-17)20(26)23-24-21(27)18-5-3-4-6-19(18)22/h3-10,14-15H,11-13H2,1-2H3,(H,23,26)(H,24,27)/t14-,15-/m0/s1. The molecule has 0 radical (unpaired) electrons. The molecule has 2 N–H and O–H groups in total. The van der Waals surface area contributed by atoms with Crippen molar-refractivity contribution in [3.8, 4) is 0 Å². The monoisotopic (exact) mass is 433 g/mol. The second-order valence-corrected chi connectivity index (χ2v) is 9.62. The highest BCUT2D eigenvalue weighted by molar-refractivity contribution is 7.89. The molecule has 1 heterocycles. The number of rotatable bonds is 4. The van der Waals surface area contributed by atoms with Gasteiger partial charge in [-0.15, -0.1) is 0 Å². The Bertz CT molecular complexity index is 1030. The lowest BCUT2D eigenvalue weighted by molar-refractivity contribution is 0.0844. The summed E-state index contributed by atoms with van der Waals surface area (Å²) in [4.78, 5) is 24.3. The van der Waals surface area contributed by atoms with E-state index in [1.807, 2.05) is 13.8 Å². The number of hydrazine groups is 1. The summed E-state index contributed by atoms with van der Waals surface area (Å²) in [6, 6.07) is 10.9. The minimum Gasteiger partial charge on any atom is -0.267 e. The number of nitrogens with zero attached hydrogens (tertiary/aromatic N) is 1. The van der Waals surface area contributed by atoms with Gasteiger partial charge in [0.25, 0.3) is 11.8 Å². The van der Waals surface area contributed by atoms with Crippen molar-refractivity contribution < 1.29 is 22.4 Å². The molecule has 0 aromatic heterocycles. The van der Waals surface area contributed by atoms with E-state index in [0.717, 1.165) is 12.5 Å². The van der Waals surface area contributed by atoms with Gasteiger partial charge in [-0.2, -0.15) is 4.31 Å². The average Bonchev–Trinajstić information content (AvgIpc) is 2.71. The molecule has 0 saturated carbocycles. The van der Waals surface area contributed by atoms with Crippen LogP contribution in [0.4, 0.5) is 4.39 Å². The van der Waals surface area contributed by atoms with Crippen LogP contribution in [-0.2, 0) is 10.0 Å². The molecule has 9 heteroatoms. The highest BCUT2D eigenvalue weighted by Gasteiger charge is 2.31. The van der Waals surface area contributed by atoms with Crippen LogP contribution in [0.25, 0.3) is 0 Å². The Labute approximate surface area is 175 Å². The molecule has 0 bridgehead atoms.